The molecule has 2 heterocycles. The molecule has 0 fully saturated rings. The Morgan fingerprint density at radius 3 is 2.63 bits per heavy atom. The first-order valence-corrected chi connectivity index (χ1v) is 13.2. The summed E-state index contributed by atoms with van der Waals surface area (Å²) in [6.07, 6.45) is 3.59. The molecule has 9 heteroatoms. The molecule has 3 aromatic rings. The van der Waals surface area contributed by atoms with Gasteiger partial charge in [-0.15, -0.1) is 0 Å². The maximum atomic E-state index is 13.0. The molecule has 0 bridgehead atoms. The summed E-state index contributed by atoms with van der Waals surface area (Å²) in [5.74, 6) is 0. The summed E-state index contributed by atoms with van der Waals surface area (Å²) < 4.78 is 30.8. The lowest BCUT2D eigenvalue weighted by molar-refractivity contribution is 0.264. The Morgan fingerprint density at radius 1 is 1.20 bits per heavy atom. The molecule has 8 nitrogen and oxygen atoms in total. The summed E-state index contributed by atoms with van der Waals surface area (Å²) in [5.41, 5.74) is 4.66. The lowest BCUT2D eigenvalue weighted by Gasteiger charge is -2.30. The van der Waals surface area contributed by atoms with Gasteiger partial charge in [0.2, 0.25) is 10.0 Å². The van der Waals surface area contributed by atoms with Gasteiger partial charge < -0.3 is 14.6 Å². The van der Waals surface area contributed by atoms with Crippen LogP contribution in [0.4, 0.5) is 5.69 Å². The molecule has 1 aliphatic rings. The number of nitriles is 1. The Hall–Kier alpha value is -3.19. The van der Waals surface area contributed by atoms with E-state index in [9.17, 15) is 13.7 Å². The summed E-state index contributed by atoms with van der Waals surface area (Å²) in [7, 11) is -3.82. The number of hydrogen-bond donors (Lipinski definition) is 2. The van der Waals surface area contributed by atoms with Gasteiger partial charge in [0.1, 0.15) is 6.07 Å². The molecule has 1 aliphatic heterocycles. The second-order valence-electron chi connectivity index (χ2n) is 9.62. The van der Waals surface area contributed by atoms with Crippen LogP contribution in [0.15, 0.2) is 53.7 Å². The van der Waals surface area contributed by atoms with Crippen LogP contribution in [0.2, 0.25) is 0 Å². The fraction of sp³-hybridized carbons (Fsp3) is 0.385. The second-order valence-corrected chi connectivity index (χ2v) is 11.3. The largest absolute Gasteiger partial charge is 0.396 e. The zero-order chi connectivity index (χ0) is 25.2. The molecule has 35 heavy (non-hydrogen) atoms. The van der Waals surface area contributed by atoms with Crippen molar-refractivity contribution in [3.63, 3.8) is 0 Å². The van der Waals surface area contributed by atoms with E-state index in [2.05, 4.69) is 56.4 Å². The molecule has 0 radical (unpaired) electrons. The molecule has 0 amide bonds. The normalized spacial score (nSPS) is 14.0. The first-order valence-electron chi connectivity index (χ1n) is 11.7. The maximum absolute atomic E-state index is 13.0. The number of aliphatic hydroxyl groups is 1. The van der Waals surface area contributed by atoms with E-state index >= 15 is 0 Å². The molecule has 0 aliphatic carbocycles. The molecule has 0 saturated heterocycles. The van der Waals surface area contributed by atoms with Crippen LogP contribution >= 0.6 is 0 Å². The number of hydrogen-bond acceptors (Lipinski definition) is 6. The number of aliphatic hydroxyl groups excluding tert-OH is 1. The van der Waals surface area contributed by atoms with Crippen LogP contribution in [0, 0.1) is 18.3 Å². The van der Waals surface area contributed by atoms with Crippen LogP contribution in [0.1, 0.15) is 49.2 Å². The molecule has 0 spiro atoms. The maximum Gasteiger partial charge on any atom is 0.241 e. The number of aromatic nitrogens is 2. The van der Waals surface area contributed by atoms with Gasteiger partial charge in [0, 0.05) is 36.5 Å². The Balaban J connectivity index is 1.56. The summed E-state index contributed by atoms with van der Waals surface area (Å²) in [6.45, 7) is 6.85. The quantitative estimate of drug-likeness (QED) is 0.497. The van der Waals surface area contributed by atoms with Crippen LogP contribution in [0.25, 0.3) is 5.69 Å². The molecular formula is C26H31N5O3S. The number of nitrogens with zero attached hydrogens (tertiary/aromatic N) is 4. The highest BCUT2D eigenvalue weighted by Gasteiger charge is 2.28. The number of sulfonamides is 1. The monoisotopic (exact) mass is 493 g/mol. The van der Waals surface area contributed by atoms with Gasteiger partial charge in [0.05, 0.1) is 34.7 Å². The van der Waals surface area contributed by atoms with Gasteiger partial charge in [-0.1, -0.05) is 17.7 Å². The van der Waals surface area contributed by atoms with Crippen LogP contribution in [-0.4, -0.2) is 41.8 Å². The molecule has 2 aromatic carbocycles. The molecule has 0 saturated carbocycles. The SMILES string of the molecule is Cc1ccc(-n2cnc3c2CCN(c2ccc(S(=O)(=O)NC(C)(C)CCCO)cc2C#N)C3)cc1. The van der Waals surface area contributed by atoms with Gasteiger partial charge in [-0.3, -0.25) is 0 Å². The second kappa shape index (κ2) is 9.82. The highest BCUT2D eigenvalue weighted by Crippen LogP contribution is 2.30. The number of nitrogens with one attached hydrogen (secondary N) is 1. The van der Waals surface area contributed by atoms with E-state index < -0.39 is 15.6 Å². The van der Waals surface area contributed by atoms with Crippen molar-refractivity contribution in [3.05, 3.63) is 71.3 Å². The molecule has 1 aromatic heterocycles. The fourth-order valence-corrected chi connectivity index (χ4v) is 5.95. The van der Waals surface area contributed by atoms with Gasteiger partial charge in [0.15, 0.2) is 0 Å². The highest BCUT2D eigenvalue weighted by atomic mass is 32.2. The third-order valence-corrected chi connectivity index (χ3v) is 8.03. The number of anilines is 1. The third-order valence-electron chi connectivity index (χ3n) is 6.33. The lowest BCUT2D eigenvalue weighted by atomic mass is 10.0. The van der Waals surface area contributed by atoms with E-state index in [4.69, 9.17) is 5.11 Å². The topological polar surface area (TPSA) is 111 Å². The lowest BCUT2D eigenvalue weighted by Crippen LogP contribution is -2.43. The van der Waals surface area contributed by atoms with Crippen molar-refractivity contribution in [1.29, 1.82) is 5.26 Å². The first-order chi connectivity index (χ1) is 16.6. The van der Waals surface area contributed by atoms with Crippen molar-refractivity contribution in [3.8, 4) is 11.8 Å². The average molecular weight is 494 g/mol. The number of benzene rings is 2. The van der Waals surface area contributed by atoms with Crippen LogP contribution in [0.5, 0.6) is 0 Å². The van der Waals surface area contributed by atoms with Crippen molar-refractivity contribution in [1.82, 2.24) is 14.3 Å². The van der Waals surface area contributed by atoms with Crippen molar-refractivity contribution >= 4 is 15.7 Å². The van der Waals surface area contributed by atoms with Gasteiger partial charge in [-0.25, -0.2) is 18.1 Å². The van der Waals surface area contributed by atoms with Gasteiger partial charge in [-0.2, -0.15) is 5.26 Å². The Labute approximate surface area is 206 Å². The van der Waals surface area contributed by atoms with E-state index in [0.717, 1.165) is 23.5 Å². The van der Waals surface area contributed by atoms with Crippen molar-refractivity contribution in [2.24, 2.45) is 0 Å². The molecule has 4 rings (SSSR count). The summed E-state index contributed by atoms with van der Waals surface area (Å²) >= 11 is 0. The minimum atomic E-state index is -3.82. The molecule has 0 unspecified atom stereocenters. The minimum Gasteiger partial charge on any atom is -0.396 e. The van der Waals surface area contributed by atoms with E-state index in [1.54, 1.807) is 26.0 Å². The van der Waals surface area contributed by atoms with E-state index in [-0.39, 0.29) is 11.5 Å². The number of aryl methyl sites for hydroxylation is 1. The Morgan fingerprint density at radius 2 is 1.94 bits per heavy atom. The van der Waals surface area contributed by atoms with E-state index in [1.807, 2.05) is 6.33 Å². The van der Waals surface area contributed by atoms with Gasteiger partial charge >= 0.3 is 0 Å². The van der Waals surface area contributed by atoms with E-state index in [0.29, 0.717) is 37.2 Å². The zero-order valence-corrected chi connectivity index (χ0v) is 21.1. The predicted octanol–water partition coefficient (Wildman–Crippen LogP) is 3.44. The number of rotatable bonds is 8. The average Bonchev–Trinajstić information content (AvgIpc) is 3.25. The molecular weight excluding hydrogens is 462 g/mol. The van der Waals surface area contributed by atoms with Gasteiger partial charge in [-0.05, 0) is 63.9 Å². The third kappa shape index (κ3) is 5.40. The fourth-order valence-electron chi connectivity index (χ4n) is 4.48. The Kier molecular flexibility index (Phi) is 6.99. The summed E-state index contributed by atoms with van der Waals surface area (Å²) in [5, 5.41) is 18.9. The summed E-state index contributed by atoms with van der Waals surface area (Å²) in [4.78, 5) is 6.75. The van der Waals surface area contributed by atoms with Crippen LogP contribution in [-0.2, 0) is 23.0 Å². The van der Waals surface area contributed by atoms with Crippen LogP contribution in [0.3, 0.4) is 0 Å². The smallest absolute Gasteiger partial charge is 0.241 e. The Bertz CT molecular complexity index is 1350. The van der Waals surface area contributed by atoms with E-state index in [1.165, 1.54) is 11.6 Å². The molecule has 184 valence electrons. The molecule has 2 N–H and O–H groups in total. The predicted molar refractivity (Wildman–Crippen MR) is 135 cm³/mol. The minimum absolute atomic E-state index is 0.000750. The van der Waals surface area contributed by atoms with Crippen molar-refractivity contribution < 1.29 is 13.5 Å². The first kappa shape index (κ1) is 24.9. The molecule has 0 atom stereocenters. The highest BCUT2D eigenvalue weighted by molar-refractivity contribution is 7.89. The number of fused-ring (bicyclic) bond motifs is 1. The van der Waals surface area contributed by atoms with Gasteiger partial charge in [0.25, 0.3) is 0 Å². The van der Waals surface area contributed by atoms with Crippen molar-refractivity contribution in [2.45, 2.75) is 57.0 Å². The standard InChI is InChI=1S/C26H31N5O3S/c1-19-5-7-21(8-6-19)31-18-28-23-17-30(13-11-25(23)31)24-10-9-22(15-20(24)16-27)35(33,34)29-26(2,3)12-4-14-32/h5-10,15,18,29,32H,4,11-14,17H2,1-3H3. The van der Waals surface area contributed by atoms with Crippen LogP contribution < -0.4 is 9.62 Å². The van der Waals surface area contributed by atoms with Crippen molar-refractivity contribution in [2.75, 3.05) is 18.1 Å². The number of imidazole rings is 1. The summed E-state index contributed by atoms with van der Waals surface area (Å²) in [6, 6.07) is 15.2. The zero-order valence-electron chi connectivity index (χ0n) is 20.3.